The summed E-state index contributed by atoms with van der Waals surface area (Å²) in [6.07, 6.45) is 4.43. The number of rotatable bonds is 7. The normalized spacial score (nSPS) is 10.5. The topological polar surface area (TPSA) is 75.5 Å². The number of aromatic nitrogens is 2. The lowest BCUT2D eigenvalue weighted by Crippen LogP contribution is -2.28. The van der Waals surface area contributed by atoms with Crippen molar-refractivity contribution in [3.8, 4) is 0 Å². The van der Waals surface area contributed by atoms with Crippen molar-refractivity contribution in [2.24, 2.45) is 0 Å². The molecule has 6 heteroatoms. The van der Waals surface area contributed by atoms with Gasteiger partial charge in [-0.15, -0.1) is 6.58 Å². The molecule has 2 aromatic rings. The number of hydrogen-bond acceptors (Lipinski definition) is 3. The highest BCUT2D eigenvalue weighted by molar-refractivity contribution is 5.94. The highest BCUT2D eigenvalue weighted by atomic mass is 16.2. The van der Waals surface area contributed by atoms with Crippen LogP contribution >= 0.6 is 0 Å². The molecule has 0 atom stereocenters. The molecule has 0 saturated heterocycles. The minimum atomic E-state index is -0.174. The summed E-state index contributed by atoms with van der Waals surface area (Å²) in [6, 6.07) is 3.86. The van der Waals surface area contributed by atoms with Crippen molar-refractivity contribution >= 4 is 17.5 Å². The van der Waals surface area contributed by atoms with Crippen molar-refractivity contribution in [3.05, 3.63) is 47.9 Å². The standard InChI is InChI=1S/C17H22N4O2/c1-4-9-18-14(22)8-5-10-19-17(23)15-13(3)20-16-12(2)7-6-11-21(15)16/h4,6-7,11H,1,5,8-10H2,2-3H3,(H,18,22)(H,19,23). The molecule has 0 spiro atoms. The Kier molecular flexibility index (Phi) is 5.51. The molecule has 2 rings (SSSR count). The van der Waals surface area contributed by atoms with Crippen molar-refractivity contribution in [1.29, 1.82) is 0 Å². The molecule has 0 unspecified atom stereocenters. The van der Waals surface area contributed by atoms with Crippen LogP contribution in [-0.4, -0.2) is 34.3 Å². The average molecular weight is 314 g/mol. The van der Waals surface area contributed by atoms with Crippen molar-refractivity contribution in [1.82, 2.24) is 20.0 Å². The number of nitrogens with zero attached hydrogens (tertiary/aromatic N) is 2. The van der Waals surface area contributed by atoms with Crippen molar-refractivity contribution in [2.45, 2.75) is 26.7 Å². The molecule has 0 fully saturated rings. The maximum Gasteiger partial charge on any atom is 0.270 e. The highest BCUT2D eigenvalue weighted by Crippen LogP contribution is 2.15. The fraction of sp³-hybridized carbons (Fsp3) is 0.353. The largest absolute Gasteiger partial charge is 0.353 e. The zero-order chi connectivity index (χ0) is 16.8. The fourth-order valence-corrected chi connectivity index (χ4v) is 2.40. The zero-order valence-electron chi connectivity index (χ0n) is 13.6. The van der Waals surface area contributed by atoms with Gasteiger partial charge in [0.05, 0.1) is 5.69 Å². The molecule has 122 valence electrons. The molecule has 0 aliphatic rings. The predicted octanol–water partition coefficient (Wildman–Crippen LogP) is 1.76. The summed E-state index contributed by atoms with van der Waals surface area (Å²) in [5.41, 5.74) is 3.05. The minimum Gasteiger partial charge on any atom is -0.353 e. The van der Waals surface area contributed by atoms with Crippen LogP contribution < -0.4 is 10.6 Å². The number of aryl methyl sites for hydroxylation is 2. The second-order valence-electron chi connectivity index (χ2n) is 5.38. The number of carbonyl (C=O) groups excluding carboxylic acids is 2. The number of carbonyl (C=O) groups is 2. The number of fused-ring (bicyclic) bond motifs is 1. The minimum absolute atomic E-state index is 0.0410. The summed E-state index contributed by atoms with van der Waals surface area (Å²) in [5.74, 6) is -0.215. The first kappa shape index (κ1) is 16.7. The van der Waals surface area contributed by atoms with Crippen LogP contribution in [0, 0.1) is 13.8 Å². The van der Waals surface area contributed by atoms with Gasteiger partial charge in [-0.2, -0.15) is 0 Å². The molecule has 0 bridgehead atoms. The lowest BCUT2D eigenvalue weighted by Gasteiger charge is -2.06. The summed E-state index contributed by atoms with van der Waals surface area (Å²) in [4.78, 5) is 28.3. The first-order valence-corrected chi connectivity index (χ1v) is 7.64. The van der Waals surface area contributed by atoms with E-state index in [1.807, 2.05) is 32.2 Å². The van der Waals surface area contributed by atoms with Gasteiger partial charge in [0.1, 0.15) is 11.3 Å². The van der Waals surface area contributed by atoms with E-state index in [1.54, 1.807) is 10.5 Å². The molecular weight excluding hydrogens is 292 g/mol. The summed E-state index contributed by atoms with van der Waals surface area (Å²) < 4.78 is 1.80. The lowest BCUT2D eigenvalue weighted by molar-refractivity contribution is -0.120. The van der Waals surface area contributed by atoms with Gasteiger partial charge in [0.2, 0.25) is 5.91 Å². The van der Waals surface area contributed by atoms with Crippen LogP contribution in [0.2, 0.25) is 0 Å². The molecule has 0 radical (unpaired) electrons. The molecular formula is C17H22N4O2. The van der Waals surface area contributed by atoms with Crippen LogP contribution in [0.15, 0.2) is 31.0 Å². The quantitative estimate of drug-likeness (QED) is 0.604. The summed E-state index contributed by atoms with van der Waals surface area (Å²) in [7, 11) is 0. The molecule has 0 saturated carbocycles. The Balaban J connectivity index is 1.94. The maximum atomic E-state index is 12.4. The maximum absolute atomic E-state index is 12.4. The Morgan fingerprint density at radius 3 is 2.87 bits per heavy atom. The zero-order valence-corrected chi connectivity index (χ0v) is 13.6. The predicted molar refractivity (Wildman–Crippen MR) is 89.4 cm³/mol. The van der Waals surface area contributed by atoms with Crippen LogP contribution in [0.25, 0.3) is 5.65 Å². The van der Waals surface area contributed by atoms with Gasteiger partial charge in [0, 0.05) is 25.7 Å². The molecule has 2 aromatic heterocycles. The molecule has 0 aromatic carbocycles. The SMILES string of the molecule is C=CCNC(=O)CCCNC(=O)c1c(C)nc2c(C)cccn12. The molecule has 2 heterocycles. The smallest absolute Gasteiger partial charge is 0.270 e. The second kappa shape index (κ2) is 7.58. The van der Waals surface area contributed by atoms with Crippen molar-refractivity contribution < 1.29 is 9.59 Å². The Labute approximate surface area is 135 Å². The number of amides is 2. The Morgan fingerprint density at radius 2 is 2.13 bits per heavy atom. The van der Waals surface area contributed by atoms with Crippen LogP contribution in [-0.2, 0) is 4.79 Å². The van der Waals surface area contributed by atoms with Gasteiger partial charge in [0.15, 0.2) is 0 Å². The van der Waals surface area contributed by atoms with Gasteiger partial charge in [-0.05, 0) is 31.9 Å². The third-order valence-corrected chi connectivity index (χ3v) is 3.54. The molecule has 6 nitrogen and oxygen atoms in total. The molecule has 23 heavy (non-hydrogen) atoms. The van der Waals surface area contributed by atoms with Crippen molar-refractivity contribution in [3.63, 3.8) is 0 Å². The van der Waals surface area contributed by atoms with E-state index < -0.39 is 0 Å². The number of pyridine rings is 1. The first-order chi connectivity index (χ1) is 11.0. The van der Waals surface area contributed by atoms with E-state index in [-0.39, 0.29) is 11.8 Å². The van der Waals surface area contributed by atoms with Crippen LogP contribution in [0.5, 0.6) is 0 Å². The number of imidazole rings is 1. The van der Waals surface area contributed by atoms with Gasteiger partial charge in [0.25, 0.3) is 5.91 Å². The summed E-state index contributed by atoms with van der Waals surface area (Å²) in [5, 5.41) is 5.55. The number of hydrogen-bond donors (Lipinski definition) is 2. The Morgan fingerprint density at radius 1 is 1.35 bits per heavy atom. The van der Waals surface area contributed by atoms with E-state index in [0.717, 1.165) is 11.2 Å². The molecule has 0 aliphatic carbocycles. The first-order valence-electron chi connectivity index (χ1n) is 7.64. The van der Waals surface area contributed by atoms with E-state index in [9.17, 15) is 9.59 Å². The third kappa shape index (κ3) is 3.97. The molecule has 2 N–H and O–H groups in total. The fourth-order valence-electron chi connectivity index (χ4n) is 2.40. The van der Waals surface area contributed by atoms with E-state index in [1.165, 1.54) is 0 Å². The van der Waals surface area contributed by atoms with E-state index in [4.69, 9.17) is 0 Å². The second-order valence-corrected chi connectivity index (χ2v) is 5.38. The summed E-state index contributed by atoms with van der Waals surface area (Å²) in [6.45, 7) is 8.23. The van der Waals surface area contributed by atoms with Gasteiger partial charge < -0.3 is 10.6 Å². The molecule has 0 aliphatic heterocycles. The Hall–Kier alpha value is -2.63. The highest BCUT2D eigenvalue weighted by Gasteiger charge is 2.16. The van der Waals surface area contributed by atoms with Crippen LogP contribution in [0.3, 0.4) is 0 Å². The van der Waals surface area contributed by atoms with Gasteiger partial charge in [-0.25, -0.2) is 4.98 Å². The van der Waals surface area contributed by atoms with Crippen LogP contribution in [0.4, 0.5) is 0 Å². The summed E-state index contributed by atoms with van der Waals surface area (Å²) >= 11 is 0. The van der Waals surface area contributed by atoms with Gasteiger partial charge in [-0.3, -0.25) is 14.0 Å². The van der Waals surface area contributed by atoms with Gasteiger partial charge in [-0.1, -0.05) is 12.1 Å². The van der Waals surface area contributed by atoms with Crippen molar-refractivity contribution in [2.75, 3.05) is 13.1 Å². The lowest BCUT2D eigenvalue weighted by atomic mass is 10.2. The van der Waals surface area contributed by atoms with E-state index >= 15 is 0 Å². The van der Waals surface area contributed by atoms with E-state index in [2.05, 4.69) is 22.2 Å². The average Bonchev–Trinajstić information content (AvgIpc) is 2.87. The van der Waals surface area contributed by atoms with Crippen LogP contribution in [0.1, 0.15) is 34.6 Å². The third-order valence-electron chi connectivity index (χ3n) is 3.54. The molecule has 2 amide bonds. The number of nitrogens with one attached hydrogen (secondary N) is 2. The van der Waals surface area contributed by atoms with Gasteiger partial charge >= 0.3 is 0 Å². The monoisotopic (exact) mass is 314 g/mol. The van der Waals surface area contributed by atoms with E-state index in [0.29, 0.717) is 37.3 Å². The Bertz CT molecular complexity index is 734.